The molecular formula is C17H18N2O2S. The van der Waals surface area contributed by atoms with Crippen molar-refractivity contribution >= 4 is 28.7 Å². The molecule has 0 aliphatic carbocycles. The standard InChI is InChI=1S/C17H18N2O2S/c1-11(2)10-19(4)14-6-5-12(9-13(14)18-3)15-7-8-16(22-15)17(20)21/h5-9,11H,10H2,1-2,4H3,(H,20,21). The average Bonchev–Trinajstić information content (AvgIpc) is 2.95. The molecule has 0 radical (unpaired) electrons. The van der Waals surface area contributed by atoms with E-state index in [2.05, 4.69) is 23.6 Å². The van der Waals surface area contributed by atoms with Crippen molar-refractivity contribution < 1.29 is 9.90 Å². The summed E-state index contributed by atoms with van der Waals surface area (Å²) in [7, 11) is 1.98. The molecule has 1 heterocycles. The molecule has 22 heavy (non-hydrogen) atoms. The zero-order valence-corrected chi connectivity index (χ0v) is 13.6. The van der Waals surface area contributed by atoms with Gasteiger partial charge in [0.1, 0.15) is 4.88 Å². The first-order valence-electron chi connectivity index (χ1n) is 6.98. The predicted molar refractivity (Wildman–Crippen MR) is 91.1 cm³/mol. The topological polar surface area (TPSA) is 44.9 Å². The lowest BCUT2D eigenvalue weighted by Gasteiger charge is -2.23. The van der Waals surface area contributed by atoms with Crippen molar-refractivity contribution in [2.75, 3.05) is 18.5 Å². The number of carbonyl (C=O) groups is 1. The van der Waals surface area contributed by atoms with Gasteiger partial charge in [0.15, 0.2) is 0 Å². The number of hydrogen-bond donors (Lipinski definition) is 1. The third-order valence-corrected chi connectivity index (χ3v) is 4.37. The summed E-state index contributed by atoms with van der Waals surface area (Å²) in [6, 6.07) is 9.09. The smallest absolute Gasteiger partial charge is 0.345 e. The van der Waals surface area contributed by atoms with Crippen LogP contribution in [0.15, 0.2) is 30.3 Å². The molecule has 0 fully saturated rings. The molecule has 5 heteroatoms. The van der Waals surface area contributed by atoms with Crippen LogP contribution < -0.4 is 4.90 Å². The summed E-state index contributed by atoms with van der Waals surface area (Å²) in [6.07, 6.45) is 0. The van der Waals surface area contributed by atoms with Gasteiger partial charge in [0.05, 0.1) is 6.57 Å². The van der Waals surface area contributed by atoms with Crippen molar-refractivity contribution in [1.29, 1.82) is 0 Å². The van der Waals surface area contributed by atoms with E-state index in [0.29, 0.717) is 16.5 Å². The van der Waals surface area contributed by atoms with E-state index >= 15 is 0 Å². The maximum absolute atomic E-state index is 11.0. The number of hydrogen-bond acceptors (Lipinski definition) is 3. The van der Waals surface area contributed by atoms with E-state index in [4.69, 9.17) is 11.7 Å². The molecule has 0 aliphatic heterocycles. The molecule has 0 unspecified atom stereocenters. The first kappa shape index (κ1) is 16.1. The lowest BCUT2D eigenvalue weighted by Crippen LogP contribution is -2.22. The molecule has 0 saturated heterocycles. The van der Waals surface area contributed by atoms with Crippen molar-refractivity contribution in [3.8, 4) is 10.4 Å². The molecule has 0 saturated carbocycles. The fraction of sp³-hybridized carbons (Fsp3) is 0.294. The molecule has 0 bridgehead atoms. The minimum Gasteiger partial charge on any atom is -0.477 e. The zero-order chi connectivity index (χ0) is 16.3. The molecule has 0 amide bonds. The van der Waals surface area contributed by atoms with E-state index < -0.39 is 5.97 Å². The molecule has 114 valence electrons. The van der Waals surface area contributed by atoms with Crippen LogP contribution in [0, 0.1) is 12.5 Å². The third-order valence-electron chi connectivity index (χ3n) is 3.25. The lowest BCUT2D eigenvalue weighted by atomic mass is 10.1. The number of carboxylic acid groups (broad SMARTS) is 1. The summed E-state index contributed by atoms with van der Waals surface area (Å²) in [4.78, 5) is 17.8. The van der Waals surface area contributed by atoms with Gasteiger partial charge in [0.25, 0.3) is 0 Å². The fourth-order valence-corrected chi connectivity index (χ4v) is 3.18. The normalized spacial score (nSPS) is 10.5. The van der Waals surface area contributed by atoms with Crippen LogP contribution in [0.25, 0.3) is 15.3 Å². The monoisotopic (exact) mass is 314 g/mol. The van der Waals surface area contributed by atoms with Crippen molar-refractivity contribution in [3.05, 3.63) is 46.6 Å². The zero-order valence-electron chi connectivity index (χ0n) is 12.8. The molecule has 0 atom stereocenters. The van der Waals surface area contributed by atoms with Crippen molar-refractivity contribution in [2.24, 2.45) is 5.92 Å². The lowest BCUT2D eigenvalue weighted by molar-refractivity contribution is 0.0702. The number of benzene rings is 1. The Kier molecular flexibility index (Phi) is 4.84. The molecule has 1 aromatic heterocycles. The Morgan fingerprint density at radius 2 is 2.09 bits per heavy atom. The van der Waals surface area contributed by atoms with Gasteiger partial charge in [-0.25, -0.2) is 9.64 Å². The van der Waals surface area contributed by atoms with Crippen molar-refractivity contribution in [3.63, 3.8) is 0 Å². The van der Waals surface area contributed by atoms with Gasteiger partial charge >= 0.3 is 5.97 Å². The van der Waals surface area contributed by atoms with E-state index in [1.165, 1.54) is 11.3 Å². The highest BCUT2D eigenvalue weighted by Gasteiger charge is 2.13. The summed E-state index contributed by atoms with van der Waals surface area (Å²) >= 11 is 1.22. The Morgan fingerprint density at radius 3 is 2.64 bits per heavy atom. The van der Waals surface area contributed by atoms with Gasteiger partial charge in [0, 0.05) is 24.2 Å². The van der Waals surface area contributed by atoms with Crippen LogP contribution in [-0.2, 0) is 0 Å². The average molecular weight is 314 g/mol. The number of thiophene rings is 1. The van der Waals surface area contributed by atoms with Gasteiger partial charge in [0.2, 0.25) is 5.69 Å². The third kappa shape index (κ3) is 3.46. The maximum atomic E-state index is 11.0. The Balaban J connectivity index is 2.36. The van der Waals surface area contributed by atoms with Crippen molar-refractivity contribution in [1.82, 2.24) is 0 Å². The highest BCUT2D eigenvalue weighted by molar-refractivity contribution is 7.17. The number of carboxylic acids is 1. The molecule has 2 rings (SSSR count). The Morgan fingerprint density at radius 1 is 1.36 bits per heavy atom. The highest BCUT2D eigenvalue weighted by atomic mass is 32.1. The quantitative estimate of drug-likeness (QED) is 0.810. The number of anilines is 1. The van der Waals surface area contributed by atoms with Crippen LogP contribution in [0.5, 0.6) is 0 Å². The maximum Gasteiger partial charge on any atom is 0.345 e. The summed E-state index contributed by atoms with van der Waals surface area (Å²) in [5, 5.41) is 9.00. The second kappa shape index (κ2) is 6.63. The summed E-state index contributed by atoms with van der Waals surface area (Å²) in [6.45, 7) is 12.6. The first-order valence-corrected chi connectivity index (χ1v) is 7.80. The van der Waals surface area contributed by atoms with Gasteiger partial charge in [-0.1, -0.05) is 19.9 Å². The number of rotatable bonds is 5. The molecular weight excluding hydrogens is 296 g/mol. The van der Waals surface area contributed by atoms with Gasteiger partial charge < -0.3 is 10.0 Å². The van der Waals surface area contributed by atoms with E-state index in [9.17, 15) is 4.79 Å². The minimum absolute atomic E-state index is 0.306. The summed E-state index contributed by atoms with van der Waals surface area (Å²) < 4.78 is 0. The molecule has 1 N–H and O–H groups in total. The Hall–Kier alpha value is -2.32. The SMILES string of the molecule is [C-]#[N+]c1cc(-c2ccc(C(=O)O)s2)ccc1N(C)CC(C)C. The van der Waals surface area contributed by atoms with Crippen LogP contribution >= 0.6 is 11.3 Å². The van der Waals surface area contributed by atoms with Gasteiger partial charge in [-0.3, -0.25) is 0 Å². The number of aromatic carboxylic acids is 1. The molecule has 4 nitrogen and oxygen atoms in total. The largest absolute Gasteiger partial charge is 0.477 e. The molecule has 0 spiro atoms. The van der Waals surface area contributed by atoms with E-state index in [0.717, 1.165) is 22.7 Å². The van der Waals surface area contributed by atoms with Crippen LogP contribution in [0.1, 0.15) is 23.5 Å². The van der Waals surface area contributed by atoms with Crippen molar-refractivity contribution in [2.45, 2.75) is 13.8 Å². The van der Waals surface area contributed by atoms with Gasteiger partial charge in [-0.2, -0.15) is 0 Å². The molecule has 2 aromatic rings. The van der Waals surface area contributed by atoms with Gasteiger partial charge in [-0.15, -0.1) is 11.3 Å². The highest BCUT2D eigenvalue weighted by Crippen LogP contribution is 2.36. The fourth-order valence-electron chi connectivity index (χ4n) is 2.34. The minimum atomic E-state index is -0.921. The van der Waals surface area contributed by atoms with Gasteiger partial charge in [-0.05, 0) is 35.7 Å². The Bertz CT molecular complexity index is 729. The van der Waals surface area contributed by atoms with Crippen LogP contribution in [-0.4, -0.2) is 24.7 Å². The Labute approximate surface area is 134 Å². The second-order valence-electron chi connectivity index (χ2n) is 5.56. The summed E-state index contributed by atoms with van der Waals surface area (Å²) in [5.41, 5.74) is 2.37. The summed E-state index contributed by atoms with van der Waals surface area (Å²) in [5.74, 6) is -0.409. The van der Waals surface area contributed by atoms with Crippen LogP contribution in [0.2, 0.25) is 0 Å². The first-order chi connectivity index (χ1) is 10.4. The van der Waals surface area contributed by atoms with E-state index in [1.807, 2.05) is 25.2 Å². The molecule has 0 aliphatic rings. The second-order valence-corrected chi connectivity index (χ2v) is 6.64. The van der Waals surface area contributed by atoms with E-state index in [1.54, 1.807) is 12.1 Å². The number of nitrogens with zero attached hydrogens (tertiary/aromatic N) is 2. The van der Waals surface area contributed by atoms with E-state index in [-0.39, 0.29) is 0 Å². The van der Waals surface area contributed by atoms with Crippen LogP contribution in [0.4, 0.5) is 11.4 Å². The van der Waals surface area contributed by atoms with Crippen LogP contribution in [0.3, 0.4) is 0 Å². The molecule has 1 aromatic carbocycles. The predicted octanol–water partition coefficient (Wildman–Crippen LogP) is 4.76.